The smallest absolute Gasteiger partial charge is 0.198 e. The highest BCUT2D eigenvalue weighted by atomic mass is 16.5. The van der Waals surface area contributed by atoms with Crippen molar-refractivity contribution in [1.29, 1.82) is 0 Å². The van der Waals surface area contributed by atoms with Crippen LogP contribution in [0.25, 0.3) is 0 Å². The highest BCUT2D eigenvalue weighted by Gasteiger charge is 2.35. The number of allylic oxidation sites excluding steroid dienone is 1. The number of phenols is 1. The number of phenolic OH excluding ortho intramolecular Hbond substituents is 1. The molecule has 0 heterocycles. The largest absolute Gasteiger partial charge is 0.507 e. The molecule has 0 saturated heterocycles. The number of rotatable bonds is 3. The topological polar surface area (TPSA) is 63.6 Å². The van der Waals surface area contributed by atoms with E-state index in [1.807, 2.05) is 0 Å². The summed E-state index contributed by atoms with van der Waals surface area (Å²) in [5.41, 5.74) is 1.27. The van der Waals surface area contributed by atoms with Gasteiger partial charge in [0.25, 0.3) is 0 Å². The van der Waals surface area contributed by atoms with Crippen LogP contribution in [-0.4, -0.2) is 23.8 Å². The van der Waals surface area contributed by atoms with E-state index in [1.54, 1.807) is 36.4 Å². The first-order valence-electron chi connectivity index (χ1n) is 6.82. The summed E-state index contributed by atoms with van der Waals surface area (Å²) in [4.78, 5) is 25.4. The summed E-state index contributed by atoms with van der Waals surface area (Å²) in [6.45, 7) is 3.63. The number of methoxy groups -OCH3 is 1. The van der Waals surface area contributed by atoms with Crippen LogP contribution in [0.4, 0.5) is 0 Å². The summed E-state index contributed by atoms with van der Waals surface area (Å²) in [5, 5.41) is 10.4. The Labute approximate surface area is 127 Å². The minimum absolute atomic E-state index is 0.0138. The maximum atomic E-state index is 12.7. The Bertz CT molecular complexity index is 818. The minimum atomic E-state index is -0.369. The van der Waals surface area contributed by atoms with Crippen molar-refractivity contribution in [2.75, 3.05) is 7.11 Å². The molecule has 1 aliphatic rings. The van der Waals surface area contributed by atoms with Gasteiger partial charge >= 0.3 is 0 Å². The van der Waals surface area contributed by atoms with Gasteiger partial charge in [0.15, 0.2) is 11.6 Å². The first-order chi connectivity index (χ1) is 10.6. The molecule has 0 saturated carbocycles. The Morgan fingerprint density at radius 1 is 1.14 bits per heavy atom. The summed E-state index contributed by atoms with van der Waals surface area (Å²) in [6, 6.07) is 8.16. The monoisotopic (exact) mass is 294 g/mol. The van der Waals surface area contributed by atoms with Crippen molar-refractivity contribution >= 4 is 11.6 Å². The van der Waals surface area contributed by atoms with Crippen LogP contribution in [0, 0.1) is 0 Å². The molecule has 0 radical (unpaired) electrons. The molecule has 22 heavy (non-hydrogen) atoms. The molecule has 0 fully saturated rings. The first-order valence-corrected chi connectivity index (χ1v) is 6.82. The van der Waals surface area contributed by atoms with Gasteiger partial charge in [0.05, 0.1) is 18.2 Å². The van der Waals surface area contributed by atoms with Gasteiger partial charge in [0.1, 0.15) is 11.5 Å². The van der Waals surface area contributed by atoms with Crippen molar-refractivity contribution in [2.24, 2.45) is 0 Å². The van der Waals surface area contributed by atoms with E-state index in [1.165, 1.54) is 7.11 Å². The normalized spacial score (nSPS) is 12.6. The molecule has 1 N–H and O–H groups in total. The average molecular weight is 294 g/mol. The number of carbonyl (C=O) groups excluding carboxylic acids is 2. The van der Waals surface area contributed by atoms with E-state index in [2.05, 4.69) is 6.58 Å². The zero-order chi connectivity index (χ0) is 15.9. The Balaban J connectivity index is 2.36. The predicted octanol–water partition coefficient (Wildman–Crippen LogP) is 2.90. The number of hydrogen-bond acceptors (Lipinski definition) is 4. The molecule has 2 aromatic rings. The minimum Gasteiger partial charge on any atom is -0.507 e. The quantitative estimate of drug-likeness (QED) is 0.754. The van der Waals surface area contributed by atoms with E-state index in [0.29, 0.717) is 23.1 Å². The molecule has 1 aliphatic carbocycles. The third kappa shape index (κ3) is 1.84. The fraction of sp³-hybridized carbons (Fsp3) is 0.111. The van der Waals surface area contributed by atoms with Crippen LogP contribution in [0.3, 0.4) is 0 Å². The third-order valence-corrected chi connectivity index (χ3v) is 3.80. The summed E-state index contributed by atoms with van der Waals surface area (Å²) in [6.07, 6.45) is 1.99. The Kier molecular flexibility index (Phi) is 3.29. The molecule has 0 bridgehead atoms. The third-order valence-electron chi connectivity index (χ3n) is 3.80. The van der Waals surface area contributed by atoms with Crippen LogP contribution in [-0.2, 0) is 6.42 Å². The number of aromatic hydroxyl groups is 1. The molecule has 0 amide bonds. The molecule has 4 heteroatoms. The first kappa shape index (κ1) is 14.1. The van der Waals surface area contributed by atoms with Gasteiger partial charge < -0.3 is 9.84 Å². The molecular weight excluding hydrogens is 280 g/mol. The van der Waals surface area contributed by atoms with E-state index in [4.69, 9.17) is 4.74 Å². The molecule has 3 rings (SSSR count). The van der Waals surface area contributed by atoms with Crippen LogP contribution < -0.4 is 4.74 Å². The van der Waals surface area contributed by atoms with Crippen molar-refractivity contribution in [3.05, 3.63) is 70.8 Å². The van der Waals surface area contributed by atoms with Crippen LogP contribution >= 0.6 is 0 Å². The van der Waals surface area contributed by atoms with E-state index >= 15 is 0 Å². The van der Waals surface area contributed by atoms with Gasteiger partial charge in [-0.1, -0.05) is 30.3 Å². The number of ether oxygens (including phenoxy) is 1. The second-order valence-corrected chi connectivity index (χ2v) is 5.03. The van der Waals surface area contributed by atoms with Gasteiger partial charge in [-0.25, -0.2) is 0 Å². The average Bonchev–Trinajstić information content (AvgIpc) is 2.54. The summed E-state index contributed by atoms with van der Waals surface area (Å²) < 4.78 is 5.27. The lowest BCUT2D eigenvalue weighted by Gasteiger charge is -2.22. The van der Waals surface area contributed by atoms with Gasteiger partial charge in [-0.3, -0.25) is 9.59 Å². The molecule has 0 aromatic heterocycles. The molecule has 0 spiro atoms. The molecule has 0 atom stereocenters. The molecular formula is C18H14O4. The van der Waals surface area contributed by atoms with Gasteiger partial charge in [0, 0.05) is 16.7 Å². The number of benzene rings is 2. The number of ketones is 2. The van der Waals surface area contributed by atoms with Gasteiger partial charge in [-0.15, -0.1) is 6.58 Å². The molecule has 2 aromatic carbocycles. The van der Waals surface area contributed by atoms with E-state index < -0.39 is 0 Å². The summed E-state index contributed by atoms with van der Waals surface area (Å²) in [7, 11) is 1.43. The fourth-order valence-corrected chi connectivity index (χ4v) is 2.77. The van der Waals surface area contributed by atoms with Crippen LogP contribution in [0.15, 0.2) is 43.0 Å². The zero-order valence-corrected chi connectivity index (χ0v) is 12.1. The lowest BCUT2D eigenvalue weighted by atomic mass is 9.82. The molecule has 0 aliphatic heterocycles. The SMILES string of the molecule is C=CCc1cc(OC)c2c(c1O)C(=O)c1ccccc1C2=O. The molecule has 0 unspecified atom stereocenters. The van der Waals surface area contributed by atoms with Gasteiger partial charge in [-0.05, 0) is 12.5 Å². The van der Waals surface area contributed by atoms with Gasteiger partial charge in [-0.2, -0.15) is 0 Å². The van der Waals surface area contributed by atoms with Crippen LogP contribution in [0.2, 0.25) is 0 Å². The van der Waals surface area contributed by atoms with Gasteiger partial charge in [0.2, 0.25) is 0 Å². The molecule has 110 valence electrons. The van der Waals surface area contributed by atoms with Crippen LogP contribution in [0.1, 0.15) is 37.4 Å². The maximum Gasteiger partial charge on any atom is 0.198 e. The highest BCUT2D eigenvalue weighted by Crippen LogP contribution is 2.40. The standard InChI is InChI=1S/C18H14O4/c1-3-6-10-9-13(22-2)14-15(16(10)19)18(21)12-8-5-4-7-11(12)17(14)20/h3-5,7-9,19H,1,6H2,2H3. The number of carbonyl (C=O) groups is 2. The van der Waals surface area contributed by atoms with E-state index in [0.717, 1.165) is 0 Å². The van der Waals surface area contributed by atoms with Crippen molar-refractivity contribution in [2.45, 2.75) is 6.42 Å². The lowest BCUT2D eigenvalue weighted by Crippen LogP contribution is -2.22. The Morgan fingerprint density at radius 3 is 2.27 bits per heavy atom. The van der Waals surface area contributed by atoms with Crippen LogP contribution in [0.5, 0.6) is 11.5 Å². The Morgan fingerprint density at radius 2 is 1.73 bits per heavy atom. The zero-order valence-electron chi connectivity index (χ0n) is 12.1. The second kappa shape index (κ2) is 5.15. The summed E-state index contributed by atoms with van der Waals surface area (Å²) >= 11 is 0. The lowest BCUT2D eigenvalue weighted by molar-refractivity contribution is 0.0974. The number of fused-ring (bicyclic) bond motifs is 2. The predicted molar refractivity (Wildman–Crippen MR) is 81.9 cm³/mol. The molecule has 4 nitrogen and oxygen atoms in total. The number of hydrogen-bond donors (Lipinski definition) is 1. The van der Waals surface area contributed by atoms with Crippen molar-refractivity contribution < 1.29 is 19.4 Å². The van der Waals surface area contributed by atoms with Crippen molar-refractivity contribution in [3.8, 4) is 11.5 Å². The Hall–Kier alpha value is -2.88. The summed E-state index contributed by atoms with van der Waals surface area (Å²) in [5.74, 6) is -0.574. The maximum absolute atomic E-state index is 12.7. The van der Waals surface area contributed by atoms with E-state index in [-0.39, 0.29) is 34.2 Å². The van der Waals surface area contributed by atoms with Crippen molar-refractivity contribution in [1.82, 2.24) is 0 Å². The fourth-order valence-electron chi connectivity index (χ4n) is 2.77. The highest BCUT2D eigenvalue weighted by molar-refractivity contribution is 6.30. The second-order valence-electron chi connectivity index (χ2n) is 5.03. The van der Waals surface area contributed by atoms with Crippen molar-refractivity contribution in [3.63, 3.8) is 0 Å². The van der Waals surface area contributed by atoms with E-state index in [9.17, 15) is 14.7 Å².